The molecule has 0 amide bonds. The van der Waals surface area contributed by atoms with Gasteiger partial charge in [0, 0.05) is 36.3 Å². The van der Waals surface area contributed by atoms with Crippen LogP contribution in [-0.2, 0) is 6.54 Å². The Bertz CT molecular complexity index is 869. The van der Waals surface area contributed by atoms with Crippen LogP contribution in [0.5, 0.6) is 5.88 Å². The summed E-state index contributed by atoms with van der Waals surface area (Å²) in [5.41, 5.74) is 1.95. The molecule has 0 aliphatic rings. The van der Waals surface area contributed by atoms with Crippen LogP contribution in [0.1, 0.15) is 5.56 Å². The van der Waals surface area contributed by atoms with E-state index in [-0.39, 0.29) is 11.4 Å². The summed E-state index contributed by atoms with van der Waals surface area (Å²) in [7, 11) is 1.89. The van der Waals surface area contributed by atoms with Gasteiger partial charge < -0.3 is 4.74 Å². The highest BCUT2D eigenvalue weighted by atomic mass is 31.0. The van der Waals surface area contributed by atoms with Gasteiger partial charge in [0.05, 0.1) is 12.2 Å². The molecule has 8 heteroatoms. The van der Waals surface area contributed by atoms with Crippen LogP contribution in [0.25, 0.3) is 11.3 Å². The van der Waals surface area contributed by atoms with Gasteiger partial charge >= 0.3 is 0 Å². The first-order valence-corrected chi connectivity index (χ1v) is 7.78. The minimum absolute atomic E-state index is 0.171. The highest BCUT2D eigenvalue weighted by Crippen LogP contribution is 2.19. The van der Waals surface area contributed by atoms with Crippen molar-refractivity contribution in [1.82, 2.24) is 19.7 Å². The molecule has 0 radical (unpaired) electrons. The van der Waals surface area contributed by atoms with Gasteiger partial charge in [-0.05, 0) is 23.8 Å². The summed E-state index contributed by atoms with van der Waals surface area (Å²) in [6, 6.07) is 9.99. The van der Waals surface area contributed by atoms with E-state index in [2.05, 4.69) is 15.1 Å². The molecule has 3 aromatic heterocycles. The predicted octanol–water partition coefficient (Wildman–Crippen LogP) is 2.26. The number of pyridine rings is 2. The molecular formula is C16H14FN4O2P. The van der Waals surface area contributed by atoms with Crippen molar-refractivity contribution in [1.29, 1.82) is 0 Å². The molecular weight excluding hydrogens is 330 g/mol. The number of aromatic nitrogens is 4. The average Bonchev–Trinajstić information content (AvgIpc) is 2.58. The second-order valence-corrected chi connectivity index (χ2v) is 5.45. The van der Waals surface area contributed by atoms with Crippen molar-refractivity contribution >= 4 is 9.24 Å². The van der Waals surface area contributed by atoms with E-state index < -0.39 is 6.10 Å². The third kappa shape index (κ3) is 4.00. The number of hydrogen-bond donors (Lipinski definition) is 0. The fourth-order valence-corrected chi connectivity index (χ4v) is 2.24. The molecule has 3 rings (SSSR count). The van der Waals surface area contributed by atoms with Crippen LogP contribution in [0.3, 0.4) is 0 Å². The summed E-state index contributed by atoms with van der Waals surface area (Å²) >= 11 is 0. The third-order valence-electron chi connectivity index (χ3n) is 3.19. The Morgan fingerprint density at radius 1 is 1.21 bits per heavy atom. The van der Waals surface area contributed by atoms with Crippen LogP contribution in [0.15, 0.2) is 59.8 Å². The molecule has 0 bridgehead atoms. The molecule has 3 heterocycles. The van der Waals surface area contributed by atoms with E-state index in [1.54, 1.807) is 36.7 Å². The molecule has 0 saturated heterocycles. The molecule has 24 heavy (non-hydrogen) atoms. The van der Waals surface area contributed by atoms with Crippen molar-refractivity contribution in [3.8, 4) is 17.1 Å². The SMILES string of the molecule is O=c1ccc(-c2ccc(OC(F)P)nc2)nn1Cc1cccnc1. The minimum atomic E-state index is -1.51. The zero-order valence-corrected chi connectivity index (χ0v) is 13.7. The van der Waals surface area contributed by atoms with Crippen LogP contribution in [0.2, 0.25) is 0 Å². The van der Waals surface area contributed by atoms with E-state index in [1.807, 2.05) is 15.3 Å². The highest BCUT2D eigenvalue weighted by Gasteiger charge is 2.07. The molecule has 6 nitrogen and oxygen atoms in total. The van der Waals surface area contributed by atoms with E-state index in [4.69, 9.17) is 4.74 Å². The van der Waals surface area contributed by atoms with E-state index >= 15 is 0 Å². The van der Waals surface area contributed by atoms with Gasteiger partial charge in [0.2, 0.25) is 5.88 Å². The maximum atomic E-state index is 12.8. The van der Waals surface area contributed by atoms with Crippen LogP contribution in [0.4, 0.5) is 4.39 Å². The molecule has 0 spiro atoms. The Labute approximate surface area is 139 Å². The van der Waals surface area contributed by atoms with E-state index in [9.17, 15) is 9.18 Å². The summed E-state index contributed by atoms with van der Waals surface area (Å²) in [5.74, 6) is 0.171. The van der Waals surface area contributed by atoms with Gasteiger partial charge in [0.25, 0.3) is 11.7 Å². The molecule has 0 aliphatic carbocycles. The number of ether oxygens (including phenoxy) is 1. The average molecular weight is 344 g/mol. The summed E-state index contributed by atoms with van der Waals surface area (Å²) in [6.07, 6.45) is 3.36. The zero-order valence-electron chi connectivity index (χ0n) is 12.5. The molecule has 0 aliphatic heterocycles. The topological polar surface area (TPSA) is 69.9 Å². The Hall–Kier alpha value is -2.66. The lowest BCUT2D eigenvalue weighted by molar-refractivity contribution is 0.147. The quantitative estimate of drug-likeness (QED) is 0.664. The third-order valence-corrected chi connectivity index (χ3v) is 3.32. The van der Waals surface area contributed by atoms with Crippen molar-refractivity contribution < 1.29 is 9.13 Å². The molecule has 3 aromatic rings. The fraction of sp³-hybridized carbons (Fsp3) is 0.125. The number of rotatable bonds is 5. The predicted molar refractivity (Wildman–Crippen MR) is 90.3 cm³/mol. The lowest BCUT2D eigenvalue weighted by Gasteiger charge is -2.08. The Balaban J connectivity index is 1.86. The van der Waals surface area contributed by atoms with Crippen molar-refractivity contribution in [2.24, 2.45) is 0 Å². The van der Waals surface area contributed by atoms with Gasteiger partial charge in [0.15, 0.2) is 0 Å². The van der Waals surface area contributed by atoms with Crippen LogP contribution >= 0.6 is 9.24 Å². The Morgan fingerprint density at radius 3 is 2.75 bits per heavy atom. The molecule has 2 unspecified atom stereocenters. The van der Waals surface area contributed by atoms with Gasteiger partial charge in [-0.15, -0.1) is 0 Å². The molecule has 122 valence electrons. The van der Waals surface area contributed by atoms with Gasteiger partial charge in [-0.25, -0.2) is 9.67 Å². The largest absolute Gasteiger partial charge is 0.440 e. The lowest BCUT2D eigenvalue weighted by atomic mass is 10.2. The Morgan fingerprint density at radius 2 is 2.08 bits per heavy atom. The second-order valence-electron chi connectivity index (χ2n) is 4.93. The zero-order chi connectivity index (χ0) is 16.9. The maximum Gasteiger partial charge on any atom is 0.267 e. The fourth-order valence-electron chi connectivity index (χ4n) is 2.10. The van der Waals surface area contributed by atoms with Gasteiger partial charge in [-0.1, -0.05) is 15.3 Å². The monoisotopic (exact) mass is 344 g/mol. The van der Waals surface area contributed by atoms with Crippen LogP contribution < -0.4 is 10.3 Å². The number of hydrogen-bond acceptors (Lipinski definition) is 5. The highest BCUT2D eigenvalue weighted by molar-refractivity contribution is 7.16. The molecule has 0 saturated carbocycles. The smallest absolute Gasteiger partial charge is 0.267 e. The molecule has 0 aromatic carbocycles. The maximum absolute atomic E-state index is 12.8. The van der Waals surface area contributed by atoms with Crippen molar-refractivity contribution in [2.45, 2.75) is 12.6 Å². The molecule has 0 fully saturated rings. The first-order valence-electron chi connectivity index (χ1n) is 7.11. The lowest BCUT2D eigenvalue weighted by Crippen LogP contribution is -2.22. The van der Waals surface area contributed by atoms with Crippen LogP contribution in [0, 0.1) is 0 Å². The summed E-state index contributed by atoms with van der Waals surface area (Å²) in [6.45, 7) is 0.325. The van der Waals surface area contributed by atoms with Gasteiger partial charge in [0.1, 0.15) is 0 Å². The van der Waals surface area contributed by atoms with Gasteiger partial charge in [-0.2, -0.15) is 9.49 Å². The summed E-state index contributed by atoms with van der Waals surface area (Å²) < 4.78 is 18.9. The number of nitrogens with zero attached hydrogens (tertiary/aromatic N) is 4. The van der Waals surface area contributed by atoms with Crippen molar-refractivity contribution in [3.63, 3.8) is 0 Å². The minimum Gasteiger partial charge on any atom is -0.440 e. The van der Waals surface area contributed by atoms with Crippen molar-refractivity contribution in [2.75, 3.05) is 0 Å². The van der Waals surface area contributed by atoms with E-state index in [1.165, 1.54) is 16.9 Å². The number of alkyl halides is 1. The first kappa shape index (κ1) is 16.2. The normalized spacial score (nSPS) is 11.9. The Kier molecular flexibility index (Phi) is 4.91. The first-order chi connectivity index (χ1) is 11.6. The summed E-state index contributed by atoms with van der Waals surface area (Å²) in [4.78, 5) is 20.0. The number of halogens is 1. The molecule has 2 atom stereocenters. The standard InChI is InChI=1S/C16H14FN4O2P/c17-16(24)23-14-5-3-12(9-19-14)13-4-6-15(22)21(20-13)10-11-2-1-7-18-8-11/h1-9,16H,10,24H2. The van der Waals surface area contributed by atoms with Crippen LogP contribution in [-0.4, -0.2) is 25.8 Å². The van der Waals surface area contributed by atoms with Gasteiger partial charge in [-0.3, -0.25) is 9.78 Å². The summed E-state index contributed by atoms with van der Waals surface area (Å²) in [5, 5.41) is 4.35. The second kappa shape index (κ2) is 7.27. The van der Waals surface area contributed by atoms with Crippen molar-refractivity contribution in [3.05, 3.63) is 70.9 Å². The molecule has 0 N–H and O–H groups in total. The van der Waals surface area contributed by atoms with E-state index in [0.29, 0.717) is 17.8 Å². The van der Waals surface area contributed by atoms with E-state index in [0.717, 1.165) is 5.56 Å².